The van der Waals surface area contributed by atoms with Crippen molar-refractivity contribution in [3.8, 4) is 5.75 Å². The molecule has 1 fully saturated rings. The molecule has 0 radical (unpaired) electrons. The van der Waals surface area contributed by atoms with E-state index in [2.05, 4.69) is 10.1 Å². The van der Waals surface area contributed by atoms with E-state index >= 15 is 0 Å². The Morgan fingerprint density at radius 1 is 1.36 bits per heavy atom. The number of hydrogen-bond acceptors (Lipinski definition) is 4. The number of carboxylic acid groups (broad SMARTS) is 1. The van der Waals surface area contributed by atoms with Gasteiger partial charge in [-0.05, 0) is 43.4 Å². The van der Waals surface area contributed by atoms with Gasteiger partial charge < -0.3 is 20.0 Å². The largest absolute Gasteiger partial charge is 1.00 e. The number of aryl methyl sites for hydroxylation is 2. The van der Waals surface area contributed by atoms with Gasteiger partial charge in [-0.2, -0.15) is 8.78 Å². The zero-order valence-corrected chi connectivity index (χ0v) is 15.0. The second kappa shape index (κ2) is 7.73. The van der Waals surface area contributed by atoms with Crippen molar-refractivity contribution in [1.29, 1.82) is 0 Å². The maximum Gasteiger partial charge on any atom is 1.00 e. The molecule has 22 heavy (non-hydrogen) atoms. The van der Waals surface area contributed by atoms with Crippen molar-refractivity contribution < 1.29 is 53.0 Å². The molecule has 4 nitrogen and oxygen atoms in total. The smallest absolute Gasteiger partial charge is 0.550 e. The predicted molar refractivity (Wildman–Crippen MR) is 70.9 cm³/mol. The third-order valence-corrected chi connectivity index (χ3v) is 3.81. The van der Waals surface area contributed by atoms with Crippen molar-refractivity contribution in [2.24, 2.45) is 5.41 Å². The summed E-state index contributed by atoms with van der Waals surface area (Å²) in [6.07, 6.45) is 1.28. The second-order valence-corrected chi connectivity index (χ2v) is 5.61. The molecule has 0 atom stereocenters. The van der Waals surface area contributed by atoms with Gasteiger partial charge in [0.1, 0.15) is 5.75 Å². The summed E-state index contributed by atoms with van der Waals surface area (Å²) in [5.41, 5.74) is 1.45. The molecule has 1 aliphatic carbocycles. The van der Waals surface area contributed by atoms with Crippen molar-refractivity contribution in [3.63, 3.8) is 0 Å². The second-order valence-electron chi connectivity index (χ2n) is 5.61. The van der Waals surface area contributed by atoms with Gasteiger partial charge in [0.15, 0.2) is 0 Å². The minimum atomic E-state index is -2.84. The Kier molecular flexibility index (Phi) is 6.80. The molecule has 1 saturated carbocycles. The summed E-state index contributed by atoms with van der Waals surface area (Å²) in [6.45, 7) is 1.41. The Morgan fingerprint density at radius 3 is 2.32 bits per heavy atom. The van der Waals surface area contributed by atoms with Gasteiger partial charge in [-0.25, -0.2) is 0 Å². The van der Waals surface area contributed by atoms with E-state index in [0.29, 0.717) is 37.1 Å². The molecule has 0 aromatic heterocycles. The number of carboxylic acids is 1. The molecule has 0 aliphatic heterocycles. The van der Waals surface area contributed by atoms with Crippen LogP contribution in [0.1, 0.15) is 29.5 Å². The quantitative estimate of drug-likeness (QED) is 0.623. The van der Waals surface area contributed by atoms with E-state index in [-0.39, 0.29) is 35.3 Å². The topological polar surface area (TPSA) is 61.4 Å². The van der Waals surface area contributed by atoms with Gasteiger partial charge in [0, 0.05) is 24.5 Å². The van der Waals surface area contributed by atoms with Gasteiger partial charge >= 0.3 is 36.2 Å². The first-order chi connectivity index (χ1) is 9.84. The van der Waals surface area contributed by atoms with Crippen LogP contribution in [0.4, 0.5) is 8.78 Å². The monoisotopic (exact) mass is 321 g/mol. The van der Waals surface area contributed by atoms with Crippen molar-refractivity contribution in [2.75, 3.05) is 6.54 Å². The molecule has 7 heteroatoms. The van der Waals surface area contributed by atoms with Crippen LogP contribution in [0.15, 0.2) is 12.1 Å². The number of hydrogen-bond donors (Lipinski definition) is 1. The number of nitrogens with one attached hydrogen (secondary N) is 1. The number of benzene rings is 1. The molecule has 0 heterocycles. The van der Waals surface area contributed by atoms with Gasteiger partial charge in [0.05, 0.1) is 0 Å². The molecule has 1 aliphatic rings. The summed E-state index contributed by atoms with van der Waals surface area (Å²) in [5, 5.41) is 14.0. The van der Waals surface area contributed by atoms with Gasteiger partial charge in [-0.15, -0.1) is 0 Å². The number of alkyl halides is 2. The van der Waals surface area contributed by atoms with Gasteiger partial charge in [0.2, 0.25) is 0 Å². The van der Waals surface area contributed by atoms with Crippen LogP contribution in [0, 0.1) is 19.3 Å². The molecule has 1 aromatic rings. The summed E-state index contributed by atoms with van der Waals surface area (Å²) in [7, 11) is 0. The van der Waals surface area contributed by atoms with Crippen molar-refractivity contribution >= 4 is 5.97 Å². The fourth-order valence-corrected chi connectivity index (χ4v) is 2.47. The molecule has 1 aromatic carbocycles. The number of carbonyl (C=O) groups is 1. The van der Waals surface area contributed by atoms with Crippen LogP contribution in [0.25, 0.3) is 0 Å². The summed E-state index contributed by atoms with van der Waals surface area (Å²) in [5.74, 6) is -0.815. The Balaban J connectivity index is 0.00000242. The average molecular weight is 321 g/mol. The third kappa shape index (κ3) is 4.65. The summed E-state index contributed by atoms with van der Waals surface area (Å²) < 4.78 is 29.1. The van der Waals surface area contributed by atoms with Crippen LogP contribution >= 0.6 is 0 Å². The zero-order chi connectivity index (χ0) is 15.6. The van der Waals surface area contributed by atoms with Gasteiger partial charge in [0.25, 0.3) is 0 Å². The molecule has 116 valence electrons. The van der Waals surface area contributed by atoms with E-state index in [1.165, 1.54) is 0 Å². The van der Waals surface area contributed by atoms with E-state index in [1.54, 1.807) is 26.0 Å². The minimum absolute atomic E-state index is 0. The molecule has 1 N–H and O–H groups in total. The molecular formula is C15H18F2NNaO3. The van der Waals surface area contributed by atoms with Crippen LogP contribution in [-0.4, -0.2) is 19.1 Å². The van der Waals surface area contributed by atoms with Crippen LogP contribution in [0.5, 0.6) is 5.75 Å². The molecular weight excluding hydrogens is 303 g/mol. The maximum absolute atomic E-state index is 12.3. The molecule has 0 amide bonds. The summed E-state index contributed by atoms with van der Waals surface area (Å²) >= 11 is 0. The first-order valence-corrected chi connectivity index (χ1v) is 6.81. The average Bonchev–Trinajstić information content (AvgIpc) is 3.15. The van der Waals surface area contributed by atoms with E-state index < -0.39 is 18.0 Å². The normalized spacial score (nSPS) is 15.3. The number of halogens is 2. The van der Waals surface area contributed by atoms with Crippen LogP contribution in [0.3, 0.4) is 0 Å². The minimum Gasteiger partial charge on any atom is -0.550 e. The first kappa shape index (κ1) is 19.4. The Hall–Kier alpha value is -0.690. The SMILES string of the molecule is Cc1cc(CNCC2(C(=O)[O-])CC2)cc(C)c1OC(F)F.[Na+]. The molecule has 0 bridgehead atoms. The fraction of sp³-hybridized carbons (Fsp3) is 0.533. The Morgan fingerprint density at radius 2 is 1.91 bits per heavy atom. The van der Waals surface area contributed by atoms with Crippen molar-refractivity contribution in [3.05, 3.63) is 28.8 Å². The molecule has 0 unspecified atom stereocenters. The van der Waals surface area contributed by atoms with E-state index in [0.717, 1.165) is 5.56 Å². The maximum atomic E-state index is 12.3. The molecule has 0 spiro atoms. The molecule has 0 saturated heterocycles. The Bertz CT molecular complexity index is 525. The number of rotatable bonds is 7. The van der Waals surface area contributed by atoms with Crippen LogP contribution in [-0.2, 0) is 11.3 Å². The van der Waals surface area contributed by atoms with Crippen LogP contribution in [0.2, 0.25) is 0 Å². The van der Waals surface area contributed by atoms with Crippen molar-refractivity contribution in [1.82, 2.24) is 5.32 Å². The van der Waals surface area contributed by atoms with E-state index in [9.17, 15) is 18.7 Å². The summed E-state index contributed by atoms with van der Waals surface area (Å²) in [4.78, 5) is 10.9. The zero-order valence-electron chi connectivity index (χ0n) is 13.0. The third-order valence-electron chi connectivity index (χ3n) is 3.81. The van der Waals surface area contributed by atoms with E-state index in [1.807, 2.05) is 0 Å². The number of ether oxygens (including phenoxy) is 1. The van der Waals surface area contributed by atoms with Crippen LogP contribution < -0.4 is 44.7 Å². The predicted octanol–water partition coefficient (Wildman–Crippen LogP) is -1.47. The fourth-order valence-electron chi connectivity index (χ4n) is 2.47. The van der Waals surface area contributed by atoms with E-state index in [4.69, 9.17) is 0 Å². The molecule has 2 rings (SSSR count). The summed E-state index contributed by atoms with van der Waals surface area (Å²) in [6, 6.07) is 3.52. The van der Waals surface area contributed by atoms with Gasteiger partial charge in [-0.3, -0.25) is 0 Å². The Labute approximate surface area is 150 Å². The number of carbonyl (C=O) groups excluding carboxylic acids is 1. The first-order valence-electron chi connectivity index (χ1n) is 6.81. The number of aliphatic carboxylic acids is 1. The van der Waals surface area contributed by atoms with Crippen molar-refractivity contribution in [2.45, 2.75) is 39.8 Å². The van der Waals surface area contributed by atoms with Gasteiger partial charge in [-0.1, -0.05) is 12.1 Å². The standard InChI is InChI=1S/C15H19F2NO3.Na/c1-9-5-11(6-10(2)12(9)21-14(16)17)7-18-8-15(3-4-15)13(19)20;/h5-6,14,18H,3-4,7-8H2,1-2H3,(H,19,20);/q;+1/p-1.